The van der Waals surface area contributed by atoms with Crippen molar-refractivity contribution >= 4 is 5.78 Å². The number of hydrogen-bond donors (Lipinski definition) is 0. The lowest BCUT2D eigenvalue weighted by Crippen LogP contribution is -2.32. The number of benzene rings is 2. The predicted molar refractivity (Wildman–Crippen MR) is 104 cm³/mol. The average molecular weight is 404 g/mol. The Kier molecular flexibility index (Phi) is 6.03. The van der Waals surface area contributed by atoms with Crippen molar-refractivity contribution in [3.8, 4) is 34.5 Å². The van der Waals surface area contributed by atoms with Crippen LogP contribution >= 0.6 is 0 Å². The summed E-state index contributed by atoms with van der Waals surface area (Å²) in [4.78, 5) is 13.2. The number of hydrogen-bond acceptors (Lipinski definition) is 8. The third-order valence-electron chi connectivity index (χ3n) is 4.80. The van der Waals surface area contributed by atoms with Gasteiger partial charge in [0.2, 0.25) is 23.0 Å². The molecule has 0 radical (unpaired) electrons. The van der Waals surface area contributed by atoms with Crippen LogP contribution in [0, 0.1) is 0 Å². The monoisotopic (exact) mass is 404 g/mol. The zero-order valence-corrected chi connectivity index (χ0v) is 17.2. The molecule has 0 amide bonds. The molecule has 0 aromatic heterocycles. The fourth-order valence-corrected chi connectivity index (χ4v) is 3.47. The van der Waals surface area contributed by atoms with Crippen molar-refractivity contribution in [3.05, 3.63) is 35.4 Å². The predicted octanol–water partition coefficient (Wildman–Crippen LogP) is 3.12. The van der Waals surface area contributed by atoms with E-state index in [-0.39, 0.29) is 23.0 Å². The van der Waals surface area contributed by atoms with Crippen molar-refractivity contribution in [3.63, 3.8) is 0 Å². The lowest BCUT2D eigenvalue weighted by molar-refractivity contribution is -0.139. The minimum atomic E-state index is -0.950. The molecule has 2 aromatic rings. The van der Waals surface area contributed by atoms with Gasteiger partial charge in [0.25, 0.3) is 0 Å². The van der Waals surface area contributed by atoms with Crippen molar-refractivity contribution in [1.82, 2.24) is 0 Å². The number of carbonyl (C=O) groups is 1. The van der Waals surface area contributed by atoms with Gasteiger partial charge in [-0.15, -0.1) is 0 Å². The van der Waals surface area contributed by atoms with Gasteiger partial charge in [-0.1, -0.05) is 12.1 Å². The Morgan fingerprint density at radius 3 is 1.76 bits per heavy atom. The lowest BCUT2D eigenvalue weighted by Gasteiger charge is -2.33. The van der Waals surface area contributed by atoms with Crippen molar-refractivity contribution < 1.29 is 38.0 Å². The van der Waals surface area contributed by atoms with Crippen molar-refractivity contribution in [2.24, 2.45) is 0 Å². The molecule has 2 aromatic carbocycles. The van der Waals surface area contributed by atoms with Crippen LogP contribution in [0.1, 0.15) is 23.3 Å². The number of fused-ring (bicyclic) bond motifs is 1. The Hall–Kier alpha value is -3.13. The van der Waals surface area contributed by atoms with E-state index in [9.17, 15) is 4.79 Å². The van der Waals surface area contributed by atoms with E-state index in [4.69, 9.17) is 33.2 Å². The molecular weight excluding hydrogens is 380 g/mol. The molecule has 0 bridgehead atoms. The number of ketones is 1. The SMILES string of the molecule is COc1ccc([C@H]2Oc3c(OC)c(OC)c(OC)c(OC)c3[C@H](OC)C2=O)cc1. The van der Waals surface area contributed by atoms with Gasteiger partial charge in [-0.3, -0.25) is 4.79 Å². The van der Waals surface area contributed by atoms with Gasteiger partial charge in [-0.2, -0.15) is 0 Å². The van der Waals surface area contributed by atoms with Gasteiger partial charge in [0, 0.05) is 12.7 Å². The van der Waals surface area contributed by atoms with Crippen LogP contribution < -0.4 is 28.4 Å². The zero-order valence-electron chi connectivity index (χ0n) is 17.2. The minimum absolute atomic E-state index is 0.280. The Balaban J connectivity index is 2.24. The molecule has 8 nitrogen and oxygen atoms in total. The van der Waals surface area contributed by atoms with Crippen LogP contribution in [0.3, 0.4) is 0 Å². The highest BCUT2D eigenvalue weighted by Gasteiger charge is 2.44. The molecule has 1 aliphatic heterocycles. The standard InChI is InChI=1S/C21H24O8/c1-23-12-9-7-11(8-10-12)15-14(22)16(24-2)13-17(25-3)19(26-4)21(28-6)20(27-5)18(13)29-15/h7-10,15-16H,1-6H3/t15-,16+/m1/s1. The number of carbonyl (C=O) groups excluding carboxylic acids is 1. The van der Waals surface area contributed by atoms with E-state index in [0.717, 1.165) is 0 Å². The van der Waals surface area contributed by atoms with Crippen LogP contribution in [-0.2, 0) is 9.53 Å². The summed E-state index contributed by atoms with van der Waals surface area (Å²) in [7, 11) is 8.93. The van der Waals surface area contributed by atoms with Crippen LogP contribution in [-0.4, -0.2) is 48.4 Å². The van der Waals surface area contributed by atoms with E-state index in [1.165, 1.54) is 35.5 Å². The Labute approximate surface area is 169 Å². The number of methoxy groups -OCH3 is 6. The van der Waals surface area contributed by atoms with Gasteiger partial charge >= 0.3 is 0 Å². The van der Waals surface area contributed by atoms with E-state index in [1.54, 1.807) is 31.4 Å². The van der Waals surface area contributed by atoms with Crippen LogP contribution in [0.25, 0.3) is 0 Å². The highest BCUT2D eigenvalue weighted by Crippen LogP contribution is 2.58. The largest absolute Gasteiger partial charge is 0.497 e. The third kappa shape index (κ3) is 3.29. The Morgan fingerprint density at radius 2 is 1.28 bits per heavy atom. The maximum Gasteiger partial charge on any atom is 0.211 e. The molecule has 3 rings (SSSR count). The zero-order chi connectivity index (χ0) is 21.1. The van der Waals surface area contributed by atoms with Gasteiger partial charge < -0.3 is 33.2 Å². The number of rotatable bonds is 7. The topological polar surface area (TPSA) is 81.7 Å². The van der Waals surface area contributed by atoms with E-state index < -0.39 is 12.2 Å². The first-order valence-corrected chi connectivity index (χ1v) is 8.83. The molecule has 0 saturated carbocycles. The summed E-state index contributed by atoms with van der Waals surface area (Å²) in [5, 5.41) is 0. The smallest absolute Gasteiger partial charge is 0.211 e. The highest BCUT2D eigenvalue weighted by atomic mass is 16.6. The molecule has 1 heterocycles. The van der Waals surface area contributed by atoms with Gasteiger partial charge in [-0.05, 0) is 12.1 Å². The highest BCUT2D eigenvalue weighted by molar-refractivity contribution is 5.94. The second-order valence-corrected chi connectivity index (χ2v) is 6.16. The van der Waals surface area contributed by atoms with Crippen molar-refractivity contribution in [1.29, 1.82) is 0 Å². The minimum Gasteiger partial charge on any atom is -0.497 e. The lowest BCUT2D eigenvalue weighted by atomic mass is 9.91. The summed E-state index contributed by atoms with van der Waals surface area (Å²) >= 11 is 0. The maximum atomic E-state index is 13.2. The second kappa shape index (κ2) is 8.48. The first-order chi connectivity index (χ1) is 14.1. The van der Waals surface area contributed by atoms with Crippen molar-refractivity contribution in [2.45, 2.75) is 12.2 Å². The van der Waals surface area contributed by atoms with Crippen LogP contribution in [0.2, 0.25) is 0 Å². The summed E-state index contributed by atoms with van der Waals surface area (Å²) in [6.45, 7) is 0. The molecule has 0 fully saturated rings. The average Bonchev–Trinajstić information content (AvgIpc) is 2.76. The maximum absolute atomic E-state index is 13.2. The molecule has 0 spiro atoms. The molecule has 0 unspecified atom stereocenters. The van der Waals surface area contributed by atoms with Crippen molar-refractivity contribution in [2.75, 3.05) is 42.7 Å². The fraction of sp³-hybridized carbons (Fsp3) is 0.381. The Bertz CT molecular complexity index is 891. The first kappa shape index (κ1) is 20.6. The molecular formula is C21H24O8. The summed E-state index contributed by atoms with van der Waals surface area (Å²) in [5.41, 5.74) is 1.04. The quantitative estimate of drug-likeness (QED) is 0.696. The van der Waals surface area contributed by atoms with E-state index in [0.29, 0.717) is 28.4 Å². The van der Waals surface area contributed by atoms with Crippen LogP contribution in [0.4, 0.5) is 0 Å². The van der Waals surface area contributed by atoms with E-state index >= 15 is 0 Å². The molecule has 8 heteroatoms. The summed E-state index contributed by atoms with van der Waals surface area (Å²) in [5.74, 6) is 1.84. The Morgan fingerprint density at radius 1 is 0.724 bits per heavy atom. The number of Topliss-reactive ketones (excluding diaryl/α,β-unsaturated/α-hetero) is 1. The molecule has 156 valence electrons. The number of ether oxygens (including phenoxy) is 7. The van der Waals surface area contributed by atoms with Crippen LogP contribution in [0.5, 0.6) is 34.5 Å². The van der Waals surface area contributed by atoms with Gasteiger partial charge in [0.05, 0.1) is 41.1 Å². The van der Waals surface area contributed by atoms with Gasteiger partial charge in [0.1, 0.15) is 5.75 Å². The van der Waals surface area contributed by atoms with E-state index in [1.807, 2.05) is 0 Å². The fourth-order valence-electron chi connectivity index (χ4n) is 3.47. The third-order valence-corrected chi connectivity index (χ3v) is 4.80. The molecule has 29 heavy (non-hydrogen) atoms. The summed E-state index contributed by atoms with van der Waals surface area (Å²) in [6.07, 6.45) is -1.86. The van der Waals surface area contributed by atoms with Gasteiger partial charge in [-0.25, -0.2) is 0 Å². The molecule has 2 atom stereocenters. The van der Waals surface area contributed by atoms with E-state index in [2.05, 4.69) is 0 Å². The molecule has 0 saturated heterocycles. The van der Waals surface area contributed by atoms with Crippen LogP contribution in [0.15, 0.2) is 24.3 Å². The van der Waals surface area contributed by atoms with Gasteiger partial charge in [0.15, 0.2) is 23.7 Å². The molecule has 0 aliphatic carbocycles. The summed E-state index contributed by atoms with van der Waals surface area (Å²) < 4.78 is 38.9. The molecule has 1 aliphatic rings. The normalized spacial score (nSPS) is 17.8. The molecule has 0 N–H and O–H groups in total. The first-order valence-electron chi connectivity index (χ1n) is 8.83. The second-order valence-electron chi connectivity index (χ2n) is 6.16. The summed E-state index contributed by atoms with van der Waals surface area (Å²) in [6, 6.07) is 7.05.